The van der Waals surface area contributed by atoms with Crippen LogP contribution in [-0.4, -0.2) is 11.0 Å². The number of rotatable bonds is 1. The van der Waals surface area contributed by atoms with Crippen LogP contribution in [0, 0.1) is 16.0 Å². The van der Waals surface area contributed by atoms with Gasteiger partial charge in [0.2, 0.25) is 6.04 Å². The van der Waals surface area contributed by atoms with Crippen LogP contribution in [0.15, 0.2) is 0 Å². The van der Waals surface area contributed by atoms with Crippen LogP contribution < -0.4 is 0 Å². The van der Waals surface area contributed by atoms with Crippen LogP contribution in [0.5, 0.6) is 0 Å². The van der Waals surface area contributed by atoms with E-state index >= 15 is 0 Å². The van der Waals surface area contributed by atoms with Crippen molar-refractivity contribution < 1.29 is 4.92 Å². The lowest BCUT2D eigenvalue weighted by atomic mass is 9.82. The first-order valence-electron chi connectivity index (χ1n) is 2.83. The highest BCUT2D eigenvalue weighted by Gasteiger charge is 2.34. The fourth-order valence-corrected chi connectivity index (χ4v) is 1.03. The summed E-state index contributed by atoms with van der Waals surface area (Å²) in [6.45, 7) is 2.04. The topological polar surface area (TPSA) is 43.1 Å². The Morgan fingerprint density at radius 2 is 2.12 bits per heavy atom. The van der Waals surface area contributed by atoms with Gasteiger partial charge in [-0.1, -0.05) is 6.92 Å². The Kier molecular flexibility index (Phi) is 1.19. The molecule has 1 saturated carbocycles. The highest BCUT2D eigenvalue weighted by atomic mass is 16.6. The Bertz CT molecular complexity index is 107. The fourth-order valence-electron chi connectivity index (χ4n) is 1.03. The monoisotopic (exact) mass is 115 g/mol. The van der Waals surface area contributed by atoms with E-state index in [1.54, 1.807) is 0 Å². The molecule has 0 radical (unpaired) electrons. The Balaban J connectivity index is 2.25. The van der Waals surface area contributed by atoms with Crippen LogP contribution in [-0.2, 0) is 0 Å². The molecule has 1 fully saturated rings. The van der Waals surface area contributed by atoms with E-state index in [0.717, 1.165) is 12.8 Å². The van der Waals surface area contributed by atoms with Gasteiger partial charge in [-0.15, -0.1) is 0 Å². The second-order valence-corrected chi connectivity index (χ2v) is 2.52. The first-order valence-corrected chi connectivity index (χ1v) is 2.83. The van der Waals surface area contributed by atoms with Crippen LogP contribution in [0.4, 0.5) is 0 Å². The summed E-state index contributed by atoms with van der Waals surface area (Å²) < 4.78 is 0. The van der Waals surface area contributed by atoms with Gasteiger partial charge < -0.3 is 0 Å². The summed E-state index contributed by atoms with van der Waals surface area (Å²) in [6, 6.07) is -0.218. The zero-order chi connectivity index (χ0) is 6.15. The van der Waals surface area contributed by atoms with Gasteiger partial charge in [0, 0.05) is 17.8 Å². The van der Waals surface area contributed by atoms with Gasteiger partial charge in [-0.2, -0.15) is 0 Å². The second-order valence-electron chi connectivity index (χ2n) is 2.52. The van der Waals surface area contributed by atoms with Crippen LogP contribution in [0.2, 0.25) is 0 Å². The molecule has 46 valence electrons. The van der Waals surface area contributed by atoms with Crippen molar-refractivity contribution in [2.24, 2.45) is 5.92 Å². The lowest BCUT2D eigenvalue weighted by molar-refractivity contribution is -0.540. The predicted octanol–water partition coefficient (Wildman–Crippen LogP) is 1.06. The molecule has 0 bridgehead atoms. The van der Waals surface area contributed by atoms with E-state index in [1.807, 2.05) is 6.92 Å². The van der Waals surface area contributed by atoms with Crippen LogP contribution >= 0.6 is 0 Å². The van der Waals surface area contributed by atoms with Gasteiger partial charge in [-0.05, 0) is 5.92 Å². The van der Waals surface area contributed by atoms with Gasteiger partial charge in [0.25, 0.3) is 0 Å². The van der Waals surface area contributed by atoms with Crippen molar-refractivity contribution in [3.05, 3.63) is 10.1 Å². The molecule has 3 nitrogen and oxygen atoms in total. The molecule has 1 aliphatic rings. The molecule has 0 aromatic rings. The summed E-state index contributed by atoms with van der Waals surface area (Å²) in [5.41, 5.74) is 0. The van der Waals surface area contributed by atoms with Gasteiger partial charge in [0.1, 0.15) is 0 Å². The molecule has 0 aromatic heterocycles. The maximum Gasteiger partial charge on any atom is 0.213 e. The average molecular weight is 115 g/mol. The molecular weight excluding hydrogens is 106 g/mol. The van der Waals surface area contributed by atoms with Crippen LogP contribution in [0.3, 0.4) is 0 Å². The van der Waals surface area contributed by atoms with E-state index < -0.39 is 0 Å². The Morgan fingerprint density at radius 3 is 2.25 bits per heavy atom. The predicted molar refractivity (Wildman–Crippen MR) is 29.2 cm³/mol. The molecule has 1 rings (SSSR count). The molecule has 8 heavy (non-hydrogen) atoms. The quantitative estimate of drug-likeness (QED) is 0.379. The third-order valence-electron chi connectivity index (χ3n) is 1.65. The maximum absolute atomic E-state index is 9.93. The van der Waals surface area contributed by atoms with E-state index in [0.29, 0.717) is 5.92 Å². The lowest BCUT2D eigenvalue weighted by Crippen LogP contribution is -2.33. The molecule has 0 unspecified atom stereocenters. The average Bonchev–Trinajstić information content (AvgIpc) is 1.57. The minimum atomic E-state index is -0.218. The third-order valence-corrected chi connectivity index (χ3v) is 1.65. The minimum Gasteiger partial charge on any atom is -0.264 e. The summed E-state index contributed by atoms with van der Waals surface area (Å²) in [7, 11) is 0. The standard InChI is InChI=1S/C5H9NO2/c1-4-2-5(3-4)6(7)8/h4-5H,2-3H2,1H3. The van der Waals surface area contributed by atoms with E-state index in [1.165, 1.54) is 0 Å². The molecule has 0 aromatic carbocycles. The molecule has 3 heteroatoms. The zero-order valence-electron chi connectivity index (χ0n) is 4.83. The Morgan fingerprint density at radius 1 is 1.62 bits per heavy atom. The highest BCUT2D eigenvalue weighted by molar-refractivity contribution is 4.74. The van der Waals surface area contributed by atoms with Gasteiger partial charge in [-0.25, -0.2) is 0 Å². The summed E-state index contributed by atoms with van der Waals surface area (Å²) >= 11 is 0. The molecule has 0 atom stereocenters. The van der Waals surface area contributed by atoms with Crippen molar-refractivity contribution in [3.8, 4) is 0 Å². The Labute approximate surface area is 47.8 Å². The van der Waals surface area contributed by atoms with Crippen molar-refractivity contribution in [1.82, 2.24) is 0 Å². The number of hydrogen-bond acceptors (Lipinski definition) is 2. The van der Waals surface area contributed by atoms with E-state index in [-0.39, 0.29) is 11.0 Å². The van der Waals surface area contributed by atoms with Crippen LogP contribution in [0.1, 0.15) is 19.8 Å². The summed E-state index contributed by atoms with van der Waals surface area (Å²) in [5, 5.41) is 9.93. The molecule has 0 spiro atoms. The van der Waals surface area contributed by atoms with Gasteiger partial charge in [-0.3, -0.25) is 10.1 Å². The molecule has 0 amide bonds. The van der Waals surface area contributed by atoms with Crippen molar-refractivity contribution >= 4 is 0 Å². The third kappa shape index (κ3) is 0.804. The van der Waals surface area contributed by atoms with Crippen molar-refractivity contribution in [2.75, 3.05) is 0 Å². The van der Waals surface area contributed by atoms with Crippen LogP contribution in [0.25, 0.3) is 0 Å². The molecule has 0 N–H and O–H groups in total. The molecular formula is C5H9NO2. The second kappa shape index (κ2) is 1.73. The van der Waals surface area contributed by atoms with Crippen molar-refractivity contribution in [1.29, 1.82) is 0 Å². The van der Waals surface area contributed by atoms with Gasteiger partial charge in [0.15, 0.2) is 0 Å². The lowest BCUT2D eigenvalue weighted by Gasteiger charge is -2.24. The number of nitrogens with zero attached hydrogens (tertiary/aromatic N) is 1. The summed E-state index contributed by atoms with van der Waals surface area (Å²) in [4.78, 5) is 9.75. The molecule has 1 aliphatic carbocycles. The van der Waals surface area contributed by atoms with E-state index in [9.17, 15) is 10.1 Å². The first kappa shape index (κ1) is 5.54. The SMILES string of the molecule is CC1CC([N+](=O)[O-])C1. The largest absolute Gasteiger partial charge is 0.264 e. The number of hydrogen-bond donors (Lipinski definition) is 0. The smallest absolute Gasteiger partial charge is 0.213 e. The van der Waals surface area contributed by atoms with E-state index in [4.69, 9.17) is 0 Å². The normalized spacial score (nSPS) is 36.1. The van der Waals surface area contributed by atoms with E-state index in [2.05, 4.69) is 0 Å². The maximum atomic E-state index is 9.93. The highest BCUT2D eigenvalue weighted by Crippen LogP contribution is 2.28. The first-order chi connectivity index (χ1) is 3.70. The Hall–Kier alpha value is -0.600. The summed E-state index contributed by atoms with van der Waals surface area (Å²) in [5.74, 6) is 0.588. The fraction of sp³-hybridized carbons (Fsp3) is 1.00. The molecule has 0 aliphatic heterocycles. The molecule has 0 saturated heterocycles. The van der Waals surface area contributed by atoms with Gasteiger partial charge >= 0.3 is 0 Å². The summed E-state index contributed by atoms with van der Waals surface area (Å²) in [6.07, 6.45) is 1.57. The number of nitro groups is 1. The molecule has 0 heterocycles. The van der Waals surface area contributed by atoms with Crippen molar-refractivity contribution in [3.63, 3.8) is 0 Å². The zero-order valence-corrected chi connectivity index (χ0v) is 4.83. The minimum absolute atomic E-state index is 0.181. The van der Waals surface area contributed by atoms with Crippen molar-refractivity contribution in [2.45, 2.75) is 25.8 Å². The van der Waals surface area contributed by atoms with Gasteiger partial charge in [0.05, 0.1) is 0 Å².